The number of rotatable bonds is 8. The van der Waals surface area contributed by atoms with Crippen LogP contribution in [0, 0.1) is 11.8 Å². The van der Waals surface area contributed by atoms with Crippen LogP contribution >= 0.6 is 0 Å². The summed E-state index contributed by atoms with van der Waals surface area (Å²) in [5.41, 5.74) is 1.60. The topological polar surface area (TPSA) is 79.5 Å². The number of ether oxygens (including phenoxy) is 3. The van der Waals surface area contributed by atoms with Gasteiger partial charge in [0.25, 0.3) is 0 Å². The normalized spacial score (nSPS) is 16.6. The van der Waals surface area contributed by atoms with E-state index in [2.05, 4.69) is 53.5 Å². The summed E-state index contributed by atoms with van der Waals surface area (Å²) in [6.45, 7) is 12.8. The zero-order valence-electron chi connectivity index (χ0n) is 20.7. The SMILES string of the molecule is COCC#Cc1cc(N2CCOC[C@H]2C)nc2c1cnn2-c1ccn(COCC[Si](C)(C)C)n1. The molecule has 1 atom stereocenters. The van der Waals surface area contributed by atoms with Crippen molar-refractivity contribution in [2.45, 2.75) is 45.4 Å². The van der Waals surface area contributed by atoms with Crippen molar-refractivity contribution in [3.05, 3.63) is 30.1 Å². The van der Waals surface area contributed by atoms with Crippen LogP contribution in [0.2, 0.25) is 25.7 Å². The van der Waals surface area contributed by atoms with Crippen LogP contribution in [0.4, 0.5) is 5.82 Å². The van der Waals surface area contributed by atoms with E-state index in [9.17, 15) is 0 Å². The van der Waals surface area contributed by atoms with Gasteiger partial charge in [-0.15, -0.1) is 0 Å². The molecule has 3 aromatic rings. The monoisotopic (exact) mass is 482 g/mol. The number of fused-ring (bicyclic) bond motifs is 1. The van der Waals surface area contributed by atoms with Crippen LogP contribution in [0.25, 0.3) is 16.9 Å². The standard InChI is InChI=1S/C24H34N6O3Si/c1-19-17-32-12-10-29(19)23-15-20(7-6-11-31-2)21-16-25-30(24(21)26-23)22-8-9-28(27-22)18-33-13-14-34(3,4)5/h8-9,15-16,19H,10-14,17-18H2,1-5H3/t19-/m1/s1. The van der Waals surface area contributed by atoms with Crippen molar-refractivity contribution >= 4 is 24.9 Å². The van der Waals surface area contributed by atoms with E-state index in [1.165, 1.54) is 0 Å². The van der Waals surface area contributed by atoms with Gasteiger partial charge in [-0.1, -0.05) is 31.5 Å². The van der Waals surface area contributed by atoms with Crippen molar-refractivity contribution in [1.29, 1.82) is 0 Å². The number of aromatic nitrogens is 5. The molecule has 0 bridgehead atoms. The minimum atomic E-state index is -1.11. The van der Waals surface area contributed by atoms with E-state index in [0.29, 0.717) is 32.4 Å². The molecule has 1 aliphatic rings. The number of morpholine rings is 1. The molecule has 0 amide bonds. The van der Waals surface area contributed by atoms with Gasteiger partial charge in [0.15, 0.2) is 11.5 Å². The van der Waals surface area contributed by atoms with Crippen LogP contribution in [0.5, 0.6) is 0 Å². The Morgan fingerprint density at radius 2 is 2.12 bits per heavy atom. The zero-order chi connectivity index (χ0) is 24.1. The van der Waals surface area contributed by atoms with E-state index >= 15 is 0 Å². The summed E-state index contributed by atoms with van der Waals surface area (Å²) in [5, 5.41) is 10.2. The summed E-state index contributed by atoms with van der Waals surface area (Å²) in [7, 11) is 0.525. The van der Waals surface area contributed by atoms with Crippen molar-refractivity contribution in [2.24, 2.45) is 0 Å². The second-order valence-electron chi connectivity index (χ2n) is 9.74. The highest BCUT2D eigenvalue weighted by Crippen LogP contribution is 2.26. The highest BCUT2D eigenvalue weighted by atomic mass is 28.3. The van der Waals surface area contributed by atoms with Crippen LogP contribution in [0.15, 0.2) is 24.5 Å². The number of methoxy groups -OCH3 is 1. The van der Waals surface area contributed by atoms with Gasteiger partial charge in [0.1, 0.15) is 19.2 Å². The van der Waals surface area contributed by atoms with Crippen molar-refractivity contribution < 1.29 is 14.2 Å². The average molecular weight is 483 g/mol. The Morgan fingerprint density at radius 3 is 2.88 bits per heavy atom. The van der Waals surface area contributed by atoms with Crippen molar-refractivity contribution in [1.82, 2.24) is 24.5 Å². The lowest BCUT2D eigenvalue weighted by atomic mass is 10.1. The van der Waals surface area contributed by atoms with E-state index in [4.69, 9.17) is 19.2 Å². The van der Waals surface area contributed by atoms with E-state index < -0.39 is 8.07 Å². The lowest BCUT2D eigenvalue weighted by Crippen LogP contribution is -2.44. The molecule has 0 saturated carbocycles. The molecule has 4 heterocycles. The van der Waals surface area contributed by atoms with Gasteiger partial charge in [-0.25, -0.2) is 9.67 Å². The lowest BCUT2D eigenvalue weighted by Gasteiger charge is -2.34. The Bertz CT molecular complexity index is 1170. The van der Waals surface area contributed by atoms with Gasteiger partial charge >= 0.3 is 0 Å². The largest absolute Gasteiger partial charge is 0.377 e. The van der Waals surface area contributed by atoms with E-state index in [1.54, 1.807) is 22.7 Å². The Labute approximate surface area is 202 Å². The van der Waals surface area contributed by atoms with E-state index in [0.717, 1.165) is 41.6 Å². The highest BCUT2D eigenvalue weighted by Gasteiger charge is 2.23. The van der Waals surface area contributed by atoms with Crippen molar-refractivity contribution in [2.75, 3.05) is 45.0 Å². The summed E-state index contributed by atoms with van der Waals surface area (Å²) in [4.78, 5) is 7.24. The third-order valence-electron chi connectivity index (χ3n) is 5.69. The predicted molar refractivity (Wildman–Crippen MR) is 135 cm³/mol. The second-order valence-corrected chi connectivity index (χ2v) is 15.4. The van der Waals surface area contributed by atoms with Crippen molar-refractivity contribution in [3.63, 3.8) is 0 Å². The zero-order valence-corrected chi connectivity index (χ0v) is 21.7. The molecule has 0 N–H and O–H groups in total. The maximum Gasteiger partial charge on any atom is 0.177 e. The summed E-state index contributed by atoms with van der Waals surface area (Å²) in [6, 6.07) is 5.31. The molecular formula is C24H34N6O3Si. The maximum atomic E-state index is 5.84. The Hall–Kier alpha value is -2.71. The Kier molecular flexibility index (Phi) is 7.68. The number of hydrogen-bond donors (Lipinski definition) is 0. The molecule has 4 rings (SSSR count). The molecule has 34 heavy (non-hydrogen) atoms. The molecule has 0 aromatic carbocycles. The first-order valence-corrected chi connectivity index (χ1v) is 15.4. The Balaban J connectivity index is 1.63. The molecule has 0 radical (unpaired) electrons. The quantitative estimate of drug-likeness (QED) is 0.277. The highest BCUT2D eigenvalue weighted by molar-refractivity contribution is 6.76. The number of anilines is 1. The van der Waals surface area contributed by atoms with Crippen LogP contribution in [-0.4, -0.2) is 78.7 Å². The molecule has 1 fully saturated rings. The predicted octanol–water partition coefficient (Wildman–Crippen LogP) is 3.15. The smallest absolute Gasteiger partial charge is 0.177 e. The third-order valence-corrected chi connectivity index (χ3v) is 7.40. The first-order valence-electron chi connectivity index (χ1n) is 11.7. The molecule has 9 nitrogen and oxygen atoms in total. The minimum Gasteiger partial charge on any atom is -0.377 e. The van der Waals surface area contributed by atoms with Crippen LogP contribution < -0.4 is 4.90 Å². The van der Waals surface area contributed by atoms with Gasteiger partial charge < -0.3 is 19.1 Å². The van der Waals surface area contributed by atoms with Gasteiger partial charge in [-0.05, 0) is 19.0 Å². The Morgan fingerprint density at radius 1 is 1.26 bits per heavy atom. The van der Waals surface area contributed by atoms with Gasteiger partial charge in [-0.3, -0.25) is 0 Å². The fraction of sp³-hybridized carbons (Fsp3) is 0.542. The molecule has 10 heteroatoms. The molecule has 0 aliphatic carbocycles. The molecule has 0 spiro atoms. The van der Waals surface area contributed by atoms with Crippen LogP contribution in [0.1, 0.15) is 12.5 Å². The molecule has 1 saturated heterocycles. The molecule has 0 unspecified atom stereocenters. The van der Waals surface area contributed by atoms with Crippen LogP contribution in [-0.2, 0) is 20.9 Å². The first-order chi connectivity index (χ1) is 16.4. The van der Waals surface area contributed by atoms with Gasteiger partial charge in [0, 0.05) is 46.2 Å². The lowest BCUT2D eigenvalue weighted by molar-refractivity contribution is 0.0785. The van der Waals surface area contributed by atoms with Gasteiger partial charge in [0.2, 0.25) is 0 Å². The second kappa shape index (κ2) is 10.7. The van der Waals surface area contributed by atoms with Gasteiger partial charge in [0.05, 0.1) is 30.8 Å². The molecule has 3 aromatic heterocycles. The minimum absolute atomic E-state index is 0.224. The van der Waals surface area contributed by atoms with Gasteiger partial charge in [-0.2, -0.15) is 14.9 Å². The average Bonchev–Trinajstić information content (AvgIpc) is 3.43. The van der Waals surface area contributed by atoms with Crippen molar-refractivity contribution in [3.8, 4) is 17.7 Å². The van der Waals surface area contributed by atoms with Crippen LogP contribution in [0.3, 0.4) is 0 Å². The summed E-state index contributed by atoms with van der Waals surface area (Å²) in [5.74, 6) is 7.85. The molecule has 182 valence electrons. The van der Waals surface area contributed by atoms with E-state index in [-0.39, 0.29) is 6.04 Å². The summed E-state index contributed by atoms with van der Waals surface area (Å²) >= 11 is 0. The number of pyridine rings is 1. The first kappa shape index (κ1) is 24.4. The molecule has 1 aliphatic heterocycles. The fourth-order valence-electron chi connectivity index (χ4n) is 3.75. The van der Waals surface area contributed by atoms with E-state index in [1.807, 2.05) is 18.3 Å². The maximum absolute atomic E-state index is 5.84. The number of nitrogens with zero attached hydrogens (tertiary/aromatic N) is 6. The summed E-state index contributed by atoms with van der Waals surface area (Å²) < 4.78 is 20.1. The molecular weight excluding hydrogens is 448 g/mol. The third kappa shape index (κ3) is 5.85. The fourth-order valence-corrected chi connectivity index (χ4v) is 4.51. The summed E-state index contributed by atoms with van der Waals surface area (Å²) in [6.07, 6.45) is 3.71. The number of hydrogen-bond acceptors (Lipinski definition) is 7.